The lowest BCUT2D eigenvalue weighted by Gasteiger charge is -2.27. The molecule has 0 aromatic carbocycles. The van der Waals surface area contributed by atoms with Gasteiger partial charge in [-0.1, -0.05) is 32.1 Å². The molecule has 2 aliphatic rings. The maximum Gasteiger partial charge on any atom is 0.243 e. The van der Waals surface area contributed by atoms with Crippen LogP contribution < -0.4 is 10.6 Å². The zero-order chi connectivity index (χ0) is 20.2. The second kappa shape index (κ2) is 15.2. The minimum Gasteiger partial charge on any atom is -0.379 e. The lowest BCUT2D eigenvalue weighted by molar-refractivity contribution is -0.127. The van der Waals surface area contributed by atoms with Gasteiger partial charge in [0, 0.05) is 46.3 Å². The first kappa shape index (κ1) is 26.4. The normalized spacial score (nSPS) is 19.9. The second-order valence-corrected chi connectivity index (χ2v) is 8.46. The van der Waals surface area contributed by atoms with Crippen molar-refractivity contribution in [2.75, 3.05) is 60.0 Å². The molecule has 29 heavy (non-hydrogen) atoms. The number of halogens is 1. The molecule has 170 valence electrons. The molecule has 1 heterocycles. The van der Waals surface area contributed by atoms with Crippen molar-refractivity contribution in [2.24, 2.45) is 10.9 Å². The van der Waals surface area contributed by atoms with Gasteiger partial charge in [-0.05, 0) is 25.7 Å². The van der Waals surface area contributed by atoms with E-state index in [1.54, 1.807) is 19.0 Å². The van der Waals surface area contributed by atoms with Crippen LogP contribution in [0.15, 0.2) is 4.99 Å². The number of hydrogen-bond donors (Lipinski definition) is 2. The molecule has 1 atom stereocenters. The first-order valence-corrected chi connectivity index (χ1v) is 11.1. The van der Waals surface area contributed by atoms with E-state index in [1.165, 1.54) is 38.5 Å². The summed E-state index contributed by atoms with van der Waals surface area (Å²) in [4.78, 5) is 20.4. The number of amides is 1. The molecule has 1 aliphatic carbocycles. The van der Waals surface area contributed by atoms with Crippen LogP contribution in [-0.4, -0.2) is 87.7 Å². The summed E-state index contributed by atoms with van der Waals surface area (Å²) >= 11 is 0. The van der Waals surface area contributed by atoms with E-state index in [9.17, 15) is 4.79 Å². The van der Waals surface area contributed by atoms with Crippen LogP contribution in [0.5, 0.6) is 0 Å². The van der Waals surface area contributed by atoms with Crippen molar-refractivity contribution in [2.45, 2.75) is 57.9 Å². The predicted molar refractivity (Wildman–Crippen MR) is 130 cm³/mol. The van der Waals surface area contributed by atoms with E-state index in [4.69, 9.17) is 4.74 Å². The smallest absolute Gasteiger partial charge is 0.243 e. The molecule has 0 aromatic heterocycles. The Labute approximate surface area is 194 Å². The van der Waals surface area contributed by atoms with Crippen molar-refractivity contribution in [3.05, 3.63) is 0 Å². The van der Waals surface area contributed by atoms with E-state index >= 15 is 0 Å². The second-order valence-electron chi connectivity index (χ2n) is 8.46. The molecule has 0 aromatic rings. The van der Waals surface area contributed by atoms with Gasteiger partial charge in [0.05, 0.1) is 13.2 Å². The summed E-state index contributed by atoms with van der Waals surface area (Å²) in [5, 5.41) is 6.93. The highest BCUT2D eigenvalue weighted by Crippen LogP contribution is 2.27. The van der Waals surface area contributed by atoms with Crippen LogP contribution in [0.3, 0.4) is 0 Å². The van der Waals surface area contributed by atoms with Gasteiger partial charge in [0.1, 0.15) is 6.54 Å². The van der Waals surface area contributed by atoms with Crippen LogP contribution in [0, 0.1) is 5.92 Å². The molecule has 1 saturated carbocycles. The maximum absolute atomic E-state index is 11.9. The first-order valence-electron chi connectivity index (χ1n) is 11.1. The fraction of sp³-hybridized carbons (Fsp3) is 0.905. The van der Waals surface area contributed by atoms with E-state index in [-0.39, 0.29) is 36.4 Å². The minimum absolute atomic E-state index is 0. The van der Waals surface area contributed by atoms with Crippen molar-refractivity contribution in [1.29, 1.82) is 0 Å². The number of guanidine groups is 1. The average Bonchev–Trinajstić information content (AvgIpc) is 2.71. The van der Waals surface area contributed by atoms with Gasteiger partial charge in [-0.2, -0.15) is 0 Å². The van der Waals surface area contributed by atoms with Gasteiger partial charge >= 0.3 is 0 Å². The van der Waals surface area contributed by atoms with Crippen LogP contribution in [0.2, 0.25) is 0 Å². The molecule has 0 radical (unpaired) electrons. The van der Waals surface area contributed by atoms with Gasteiger partial charge in [0.15, 0.2) is 5.96 Å². The number of aliphatic imine (C=N–C) groups is 1. The van der Waals surface area contributed by atoms with Gasteiger partial charge < -0.3 is 20.3 Å². The lowest BCUT2D eigenvalue weighted by Crippen LogP contribution is -2.47. The number of nitrogens with zero attached hydrogens (tertiary/aromatic N) is 3. The average molecular weight is 524 g/mol. The third-order valence-electron chi connectivity index (χ3n) is 5.81. The number of carbonyl (C=O) groups excluding carboxylic acids is 1. The number of hydrogen-bond acceptors (Lipinski definition) is 4. The molecule has 8 heteroatoms. The first-order chi connectivity index (χ1) is 13.5. The largest absolute Gasteiger partial charge is 0.379 e. The molecule has 2 N–H and O–H groups in total. The van der Waals surface area contributed by atoms with Crippen molar-refractivity contribution < 1.29 is 9.53 Å². The summed E-state index contributed by atoms with van der Waals surface area (Å²) in [7, 11) is 3.53. The van der Waals surface area contributed by atoms with Crippen LogP contribution in [0.1, 0.15) is 51.9 Å². The SMILES string of the molecule is CC(CCC1CCCCC1)NC(=NCC(=O)N(C)C)NCCN1CCOCC1.I. The number of likely N-dealkylation sites (N-methyl/N-ethyl adjacent to an activating group) is 1. The Morgan fingerprint density at radius 2 is 1.90 bits per heavy atom. The van der Waals surface area contributed by atoms with E-state index in [0.29, 0.717) is 6.04 Å². The number of nitrogens with one attached hydrogen (secondary N) is 2. The molecular weight excluding hydrogens is 481 g/mol. The van der Waals surface area contributed by atoms with Crippen molar-refractivity contribution >= 4 is 35.8 Å². The summed E-state index contributed by atoms with van der Waals surface area (Å²) in [6.07, 6.45) is 9.42. The molecule has 1 aliphatic heterocycles. The van der Waals surface area contributed by atoms with Gasteiger partial charge in [0.2, 0.25) is 5.91 Å². The van der Waals surface area contributed by atoms with E-state index in [1.807, 2.05) is 0 Å². The monoisotopic (exact) mass is 523 g/mol. The third kappa shape index (κ3) is 11.4. The van der Waals surface area contributed by atoms with E-state index in [0.717, 1.165) is 57.7 Å². The fourth-order valence-corrected chi connectivity index (χ4v) is 3.86. The quantitative estimate of drug-likeness (QED) is 0.276. The fourth-order valence-electron chi connectivity index (χ4n) is 3.86. The number of carbonyl (C=O) groups is 1. The van der Waals surface area contributed by atoms with Gasteiger partial charge in [-0.25, -0.2) is 4.99 Å². The number of rotatable bonds is 9. The van der Waals surface area contributed by atoms with Crippen molar-refractivity contribution in [3.8, 4) is 0 Å². The van der Waals surface area contributed by atoms with E-state index in [2.05, 4.69) is 27.4 Å². The van der Waals surface area contributed by atoms with Crippen molar-refractivity contribution in [3.63, 3.8) is 0 Å². The highest BCUT2D eigenvalue weighted by atomic mass is 127. The molecule has 1 amide bonds. The van der Waals surface area contributed by atoms with Crippen molar-refractivity contribution in [1.82, 2.24) is 20.4 Å². The molecular formula is C21H42IN5O2. The Bertz CT molecular complexity index is 478. The molecule has 7 nitrogen and oxygen atoms in total. The van der Waals surface area contributed by atoms with Gasteiger partial charge in [-0.15, -0.1) is 24.0 Å². The zero-order valence-corrected chi connectivity index (χ0v) is 21.0. The number of ether oxygens (including phenoxy) is 1. The Morgan fingerprint density at radius 3 is 2.55 bits per heavy atom. The van der Waals surface area contributed by atoms with Gasteiger partial charge in [0.25, 0.3) is 0 Å². The van der Waals surface area contributed by atoms with Crippen LogP contribution >= 0.6 is 24.0 Å². The summed E-state index contributed by atoms with van der Waals surface area (Å²) in [6, 6.07) is 0.353. The third-order valence-corrected chi connectivity index (χ3v) is 5.81. The summed E-state index contributed by atoms with van der Waals surface area (Å²) < 4.78 is 5.40. The molecule has 0 bridgehead atoms. The lowest BCUT2D eigenvalue weighted by atomic mass is 9.85. The molecule has 2 rings (SSSR count). The standard InChI is InChI=1S/C21H41N5O2.HI/c1-18(9-10-19-7-5-4-6-8-19)24-21(23-17-20(27)25(2)3)22-11-12-26-13-15-28-16-14-26;/h18-19H,4-17H2,1-3H3,(H2,22,23,24);1H. The molecule has 1 unspecified atom stereocenters. The highest BCUT2D eigenvalue weighted by molar-refractivity contribution is 14.0. The Kier molecular flexibility index (Phi) is 13.9. The molecule has 1 saturated heterocycles. The Balaban J connectivity index is 0.00000420. The zero-order valence-electron chi connectivity index (χ0n) is 18.6. The number of morpholine rings is 1. The predicted octanol–water partition coefficient (Wildman–Crippen LogP) is 2.31. The Morgan fingerprint density at radius 1 is 1.21 bits per heavy atom. The van der Waals surface area contributed by atoms with Crippen LogP contribution in [0.25, 0.3) is 0 Å². The molecule has 0 spiro atoms. The summed E-state index contributed by atoms with van der Waals surface area (Å²) in [5.74, 6) is 1.66. The maximum atomic E-state index is 11.9. The topological polar surface area (TPSA) is 69.2 Å². The van der Waals surface area contributed by atoms with Crippen LogP contribution in [-0.2, 0) is 9.53 Å². The molecule has 2 fully saturated rings. The van der Waals surface area contributed by atoms with Crippen LogP contribution in [0.4, 0.5) is 0 Å². The summed E-state index contributed by atoms with van der Waals surface area (Å²) in [6.45, 7) is 7.77. The Hall–Kier alpha value is -0.610. The highest BCUT2D eigenvalue weighted by Gasteiger charge is 2.16. The van der Waals surface area contributed by atoms with E-state index < -0.39 is 0 Å². The summed E-state index contributed by atoms with van der Waals surface area (Å²) in [5.41, 5.74) is 0. The minimum atomic E-state index is 0. The van der Waals surface area contributed by atoms with Gasteiger partial charge in [-0.3, -0.25) is 9.69 Å².